The maximum Gasteiger partial charge on any atom is 0.274 e. The highest BCUT2D eigenvalue weighted by molar-refractivity contribution is 7.15. The van der Waals surface area contributed by atoms with Crippen LogP contribution in [0.4, 0.5) is 0 Å². The van der Waals surface area contributed by atoms with Gasteiger partial charge in [0.05, 0.1) is 27.2 Å². The van der Waals surface area contributed by atoms with Crippen molar-refractivity contribution in [1.29, 1.82) is 5.26 Å². The lowest BCUT2D eigenvalue weighted by molar-refractivity contribution is 0.305. The van der Waals surface area contributed by atoms with Crippen LogP contribution in [0.15, 0.2) is 71.5 Å². The van der Waals surface area contributed by atoms with Crippen molar-refractivity contribution < 1.29 is 4.74 Å². The van der Waals surface area contributed by atoms with E-state index in [1.807, 2.05) is 36.4 Å². The second kappa shape index (κ2) is 7.88. The van der Waals surface area contributed by atoms with Crippen LogP contribution in [0, 0.1) is 11.3 Å². The van der Waals surface area contributed by atoms with Crippen LogP contribution in [0.3, 0.4) is 0 Å². The van der Waals surface area contributed by atoms with E-state index in [-0.39, 0.29) is 5.56 Å². The molecule has 0 spiro atoms. The average molecular weight is 444 g/mol. The first kappa shape index (κ1) is 19.3. The van der Waals surface area contributed by atoms with Crippen molar-refractivity contribution in [2.24, 2.45) is 0 Å². The highest BCUT2D eigenvalue weighted by Crippen LogP contribution is 2.25. The summed E-state index contributed by atoms with van der Waals surface area (Å²) in [7, 11) is 0. The summed E-state index contributed by atoms with van der Waals surface area (Å²) in [5.74, 6) is 0.615. The number of halogens is 1. The smallest absolute Gasteiger partial charge is 0.274 e. The van der Waals surface area contributed by atoms with Gasteiger partial charge in [0.2, 0.25) is 0 Å². The van der Waals surface area contributed by atoms with Gasteiger partial charge in [-0.2, -0.15) is 5.26 Å². The molecule has 0 aliphatic carbocycles. The molecule has 2 heterocycles. The Morgan fingerprint density at radius 3 is 2.74 bits per heavy atom. The number of hydrogen-bond acceptors (Lipinski definition) is 5. The molecular formula is C24H14ClN3O2S. The molecule has 0 radical (unpaired) electrons. The molecule has 5 nitrogen and oxygen atoms in total. The molecule has 0 fully saturated rings. The van der Waals surface area contributed by atoms with Crippen LogP contribution < -0.4 is 14.8 Å². The first-order valence-corrected chi connectivity index (χ1v) is 10.6. The summed E-state index contributed by atoms with van der Waals surface area (Å²) in [6, 6.07) is 22.2. The molecular weight excluding hydrogens is 430 g/mol. The quantitative estimate of drug-likeness (QED) is 0.408. The van der Waals surface area contributed by atoms with Gasteiger partial charge in [-0.05, 0) is 54.1 Å². The zero-order valence-corrected chi connectivity index (χ0v) is 17.7. The van der Waals surface area contributed by atoms with Crippen molar-refractivity contribution >= 4 is 45.0 Å². The SMILES string of the molecule is N#Cc1ccc(COc2ccc(Cl)cc2/C=c2/sc3nc4ccccc4n3c2=O)cc1. The second-order valence-electron chi connectivity index (χ2n) is 6.91. The van der Waals surface area contributed by atoms with E-state index >= 15 is 0 Å². The number of imidazole rings is 1. The minimum absolute atomic E-state index is 0.119. The summed E-state index contributed by atoms with van der Waals surface area (Å²) in [6.07, 6.45) is 1.79. The van der Waals surface area contributed by atoms with E-state index in [1.54, 1.807) is 40.8 Å². The molecule has 0 unspecified atom stereocenters. The summed E-state index contributed by atoms with van der Waals surface area (Å²) >= 11 is 7.54. The molecule has 0 atom stereocenters. The molecule has 3 aromatic carbocycles. The van der Waals surface area contributed by atoms with Gasteiger partial charge in [-0.1, -0.05) is 47.2 Å². The molecule has 5 aromatic rings. The number of thiazole rings is 1. The van der Waals surface area contributed by atoms with Gasteiger partial charge in [0.1, 0.15) is 12.4 Å². The van der Waals surface area contributed by atoms with Gasteiger partial charge >= 0.3 is 0 Å². The Labute approximate surface area is 186 Å². The Kier molecular flexibility index (Phi) is 4.91. The Morgan fingerprint density at radius 2 is 1.94 bits per heavy atom. The van der Waals surface area contributed by atoms with E-state index in [2.05, 4.69) is 11.1 Å². The molecule has 0 aliphatic rings. The lowest BCUT2D eigenvalue weighted by Gasteiger charge is -2.10. The zero-order chi connectivity index (χ0) is 21.4. The molecule has 5 rings (SSSR count). The first-order valence-electron chi connectivity index (χ1n) is 9.45. The van der Waals surface area contributed by atoms with Crippen LogP contribution in [-0.2, 0) is 6.61 Å². The van der Waals surface area contributed by atoms with E-state index in [1.165, 1.54) is 11.3 Å². The van der Waals surface area contributed by atoms with Gasteiger partial charge in [0, 0.05) is 10.6 Å². The van der Waals surface area contributed by atoms with Crippen LogP contribution in [0.2, 0.25) is 5.02 Å². The molecule has 31 heavy (non-hydrogen) atoms. The predicted octanol–water partition coefficient (Wildman–Crippen LogP) is 4.56. The Morgan fingerprint density at radius 1 is 1.13 bits per heavy atom. The van der Waals surface area contributed by atoms with Crippen LogP contribution in [0.25, 0.3) is 22.1 Å². The van der Waals surface area contributed by atoms with E-state index < -0.39 is 0 Å². The van der Waals surface area contributed by atoms with Gasteiger partial charge in [0.25, 0.3) is 5.56 Å². The Bertz CT molecular complexity index is 1580. The first-order chi connectivity index (χ1) is 15.1. The minimum atomic E-state index is -0.119. The summed E-state index contributed by atoms with van der Waals surface area (Å²) in [4.78, 5) is 18.2. The lowest BCUT2D eigenvalue weighted by atomic mass is 10.1. The molecule has 0 bridgehead atoms. The Hall–Kier alpha value is -3.66. The zero-order valence-electron chi connectivity index (χ0n) is 16.1. The number of nitrogens with zero attached hydrogens (tertiary/aromatic N) is 3. The number of hydrogen-bond donors (Lipinski definition) is 0. The minimum Gasteiger partial charge on any atom is -0.488 e. The van der Waals surface area contributed by atoms with Gasteiger partial charge in [-0.15, -0.1) is 0 Å². The number of para-hydroxylation sites is 2. The molecule has 2 aromatic heterocycles. The molecule has 0 N–H and O–H groups in total. The fourth-order valence-electron chi connectivity index (χ4n) is 3.35. The maximum atomic E-state index is 13.0. The third-order valence-electron chi connectivity index (χ3n) is 4.88. The van der Waals surface area contributed by atoms with E-state index in [4.69, 9.17) is 21.6 Å². The Balaban J connectivity index is 1.53. The molecule has 0 saturated carbocycles. The summed E-state index contributed by atoms with van der Waals surface area (Å²) in [5.41, 5.74) is 3.72. The third-order valence-corrected chi connectivity index (χ3v) is 6.08. The fourth-order valence-corrected chi connectivity index (χ4v) is 4.51. The molecule has 0 amide bonds. The average Bonchev–Trinajstić information content (AvgIpc) is 3.29. The number of nitriles is 1. The molecule has 0 saturated heterocycles. The van der Waals surface area contributed by atoms with Crippen molar-refractivity contribution in [3.05, 3.63) is 103 Å². The van der Waals surface area contributed by atoms with Gasteiger partial charge < -0.3 is 4.74 Å². The van der Waals surface area contributed by atoms with Crippen molar-refractivity contribution in [2.75, 3.05) is 0 Å². The summed E-state index contributed by atoms with van der Waals surface area (Å²) in [6.45, 7) is 0.330. The number of ether oxygens (including phenoxy) is 1. The highest BCUT2D eigenvalue weighted by Gasteiger charge is 2.11. The van der Waals surface area contributed by atoms with Crippen LogP contribution in [0.5, 0.6) is 5.75 Å². The van der Waals surface area contributed by atoms with Crippen LogP contribution in [-0.4, -0.2) is 9.38 Å². The largest absolute Gasteiger partial charge is 0.488 e. The maximum absolute atomic E-state index is 13.0. The van der Waals surface area contributed by atoms with E-state index in [9.17, 15) is 4.79 Å². The lowest BCUT2D eigenvalue weighted by Crippen LogP contribution is -2.22. The van der Waals surface area contributed by atoms with Gasteiger partial charge in [0.15, 0.2) is 4.96 Å². The van der Waals surface area contributed by atoms with E-state index in [0.717, 1.165) is 16.6 Å². The predicted molar refractivity (Wildman–Crippen MR) is 123 cm³/mol. The summed E-state index contributed by atoms with van der Waals surface area (Å²) < 4.78 is 8.18. The topological polar surface area (TPSA) is 67.4 Å². The highest BCUT2D eigenvalue weighted by atomic mass is 35.5. The normalized spacial score (nSPS) is 11.8. The van der Waals surface area contributed by atoms with Crippen molar-refractivity contribution in [3.63, 3.8) is 0 Å². The molecule has 7 heteroatoms. The van der Waals surface area contributed by atoms with Crippen LogP contribution in [0.1, 0.15) is 16.7 Å². The molecule has 0 aliphatic heterocycles. The number of fused-ring (bicyclic) bond motifs is 3. The third kappa shape index (κ3) is 3.66. The van der Waals surface area contributed by atoms with Gasteiger partial charge in [-0.3, -0.25) is 4.79 Å². The van der Waals surface area contributed by atoms with Gasteiger partial charge in [-0.25, -0.2) is 9.38 Å². The fraction of sp³-hybridized carbons (Fsp3) is 0.0417. The van der Waals surface area contributed by atoms with Crippen molar-refractivity contribution in [1.82, 2.24) is 9.38 Å². The number of rotatable bonds is 4. The number of benzene rings is 3. The van der Waals surface area contributed by atoms with Crippen molar-refractivity contribution in [2.45, 2.75) is 6.61 Å². The van der Waals surface area contributed by atoms with Crippen molar-refractivity contribution in [3.8, 4) is 11.8 Å². The molecule has 150 valence electrons. The second-order valence-corrected chi connectivity index (χ2v) is 8.36. The standard InChI is InChI=1S/C24H14ClN3O2S/c25-18-9-10-21(30-14-16-7-5-15(13-26)6-8-16)17(11-18)12-22-23(29)28-20-4-2-1-3-19(20)27-24(28)31-22/h1-12H,14H2/b22-12+. The number of aromatic nitrogens is 2. The van der Waals surface area contributed by atoms with E-state index in [0.29, 0.717) is 38.0 Å². The monoisotopic (exact) mass is 443 g/mol. The van der Waals surface area contributed by atoms with Crippen LogP contribution >= 0.6 is 22.9 Å². The summed E-state index contributed by atoms with van der Waals surface area (Å²) in [5, 5.41) is 9.48.